The lowest BCUT2D eigenvalue weighted by Crippen LogP contribution is -2.48. The third-order valence-corrected chi connectivity index (χ3v) is 3.64. The van der Waals surface area contributed by atoms with Crippen molar-refractivity contribution in [3.8, 4) is 0 Å². The molecular formula is C14H23N5O. The van der Waals surface area contributed by atoms with Gasteiger partial charge in [-0.2, -0.15) is 0 Å². The highest BCUT2D eigenvalue weighted by atomic mass is 16.1. The minimum atomic E-state index is -0.148. The van der Waals surface area contributed by atoms with Gasteiger partial charge in [0.05, 0.1) is 11.9 Å². The van der Waals surface area contributed by atoms with Gasteiger partial charge >= 0.3 is 0 Å². The van der Waals surface area contributed by atoms with Gasteiger partial charge in [-0.05, 0) is 13.5 Å². The molecule has 6 nitrogen and oxygen atoms in total. The van der Waals surface area contributed by atoms with Crippen molar-refractivity contribution >= 4 is 5.91 Å². The molecule has 20 heavy (non-hydrogen) atoms. The van der Waals surface area contributed by atoms with Crippen molar-refractivity contribution in [2.24, 2.45) is 0 Å². The van der Waals surface area contributed by atoms with Crippen molar-refractivity contribution in [3.05, 3.63) is 23.8 Å². The third-order valence-electron chi connectivity index (χ3n) is 3.64. The fourth-order valence-electron chi connectivity index (χ4n) is 2.26. The molecule has 0 aromatic carbocycles. The first kappa shape index (κ1) is 14.9. The number of aromatic nitrogens is 2. The number of carbonyl (C=O) groups is 1. The predicted molar refractivity (Wildman–Crippen MR) is 77.7 cm³/mol. The van der Waals surface area contributed by atoms with E-state index in [9.17, 15) is 4.79 Å². The Hall–Kier alpha value is -1.53. The molecule has 1 amide bonds. The summed E-state index contributed by atoms with van der Waals surface area (Å²) in [6.07, 6.45) is 3.13. The molecule has 0 radical (unpaired) electrons. The summed E-state index contributed by atoms with van der Waals surface area (Å²) in [5, 5.41) is 2.89. The van der Waals surface area contributed by atoms with Crippen LogP contribution in [-0.2, 0) is 0 Å². The fourth-order valence-corrected chi connectivity index (χ4v) is 2.26. The minimum absolute atomic E-state index is 0.148. The molecule has 1 aliphatic heterocycles. The van der Waals surface area contributed by atoms with Gasteiger partial charge in [-0.3, -0.25) is 14.7 Å². The maximum atomic E-state index is 11.9. The van der Waals surface area contributed by atoms with Crippen LogP contribution >= 0.6 is 0 Å². The SMILES string of the molecule is CCN1CCN(CCNC(=O)c2cnc(C)cn2)CC1. The Balaban J connectivity index is 1.68. The Kier molecular flexibility index (Phi) is 5.43. The van der Waals surface area contributed by atoms with Crippen LogP contribution < -0.4 is 5.32 Å². The van der Waals surface area contributed by atoms with Crippen LogP contribution in [0.2, 0.25) is 0 Å². The molecule has 2 heterocycles. The summed E-state index contributed by atoms with van der Waals surface area (Å²) in [4.78, 5) is 24.8. The van der Waals surface area contributed by atoms with Gasteiger partial charge in [0.25, 0.3) is 5.91 Å². The Morgan fingerprint density at radius 3 is 2.50 bits per heavy atom. The zero-order valence-corrected chi connectivity index (χ0v) is 12.3. The normalized spacial score (nSPS) is 17.1. The molecule has 0 spiro atoms. The van der Waals surface area contributed by atoms with Gasteiger partial charge in [0.2, 0.25) is 0 Å². The zero-order valence-electron chi connectivity index (χ0n) is 12.3. The fraction of sp³-hybridized carbons (Fsp3) is 0.643. The predicted octanol–water partition coefficient (Wildman–Crippen LogP) is 0.152. The number of piperazine rings is 1. The highest BCUT2D eigenvalue weighted by Gasteiger charge is 2.15. The second-order valence-corrected chi connectivity index (χ2v) is 5.07. The molecule has 6 heteroatoms. The third kappa shape index (κ3) is 4.25. The van der Waals surface area contributed by atoms with Crippen molar-refractivity contribution < 1.29 is 4.79 Å². The van der Waals surface area contributed by atoms with Gasteiger partial charge in [0, 0.05) is 45.5 Å². The summed E-state index contributed by atoms with van der Waals surface area (Å²) < 4.78 is 0. The van der Waals surface area contributed by atoms with E-state index in [1.54, 1.807) is 6.20 Å². The number of hydrogen-bond acceptors (Lipinski definition) is 5. The van der Waals surface area contributed by atoms with Crippen LogP contribution in [0.25, 0.3) is 0 Å². The number of amides is 1. The highest BCUT2D eigenvalue weighted by molar-refractivity contribution is 5.91. The molecule has 0 aliphatic carbocycles. The smallest absolute Gasteiger partial charge is 0.271 e. The molecule has 1 aromatic rings. The zero-order chi connectivity index (χ0) is 14.4. The number of aryl methyl sites for hydroxylation is 1. The lowest BCUT2D eigenvalue weighted by molar-refractivity contribution is 0.0932. The van der Waals surface area contributed by atoms with E-state index in [2.05, 4.69) is 32.0 Å². The summed E-state index contributed by atoms with van der Waals surface area (Å²) in [5.74, 6) is -0.148. The molecule has 0 saturated carbocycles. The summed E-state index contributed by atoms with van der Waals surface area (Å²) in [5.41, 5.74) is 1.20. The largest absolute Gasteiger partial charge is 0.349 e. The summed E-state index contributed by atoms with van der Waals surface area (Å²) >= 11 is 0. The average molecular weight is 277 g/mol. The Labute approximate surface area is 120 Å². The van der Waals surface area contributed by atoms with Crippen LogP contribution in [0.15, 0.2) is 12.4 Å². The van der Waals surface area contributed by atoms with Gasteiger partial charge in [-0.1, -0.05) is 6.92 Å². The molecule has 110 valence electrons. The molecule has 2 rings (SSSR count). The molecule has 0 unspecified atom stereocenters. The van der Waals surface area contributed by atoms with Crippen molar-refractivity contribution in [1.82, 2.24) is 25.1 Å². The van der Waals surface area contributed by atoms with Crippen LogP contribution in [0.3, 0.4) is 0 Å². The molecular weight excluding hydrogens is 254 g/mol. The van der Waals surface area contributed by atoms with E-state index < -0.39 is 0 Å². The van der Waals surface area contributed by atoms with Crippen molar-refractivity contribution in [3.63, 3.8) is 0 Å². The monoisotopic (exact) mass is 277 g/mol. The van der Waals surface area contributed by atoms with E-state index in [4.69, 9.17) is 0 Å². The first-order valence-electron chi connectivity index (χ1n) is 7.20. The molecule has 1 saturated heterocycles. The first-order valence-corrected chi connectivity index (χ1v) is 7.20. The van der Waals surface area contributed by atoms with E-state index >= 15 is 0 Å². The first-order chi connectivity index (χ1) is 9.69. The second-order valence-electron chi connectivity index (χ2n) is 5.07. The van der Waals surface area contributed by atoms with E-state index in [-0.39, 0.29) is 5.91 Å². The number of carbonyl (C=O) groups excluding carboxylic acids is 1. The lowest BCUT2D eigenvalue weighted by Gasteiger charge is -2.33. The van der Waals surface area contributed by atoms with Gasteiger partial charge in [-0.25, -0.2) is 4.98 Å². The summed E-state index contributed by atoms with van der Waals surface area (Å²) in [7, 11) is 0. The Morgan fingerprint density at radius 2 is 1.90 bits per heavy atom. The topological polar surface area (TPSA) is 61.4 Å². The minimum Gasteiger partial charge on any atom is -0.349 e. The van der Waals surface area contributed by atoms with Crippen LogP contribution in [0, 0.1) is 6.92 Å². The van der Waals surface area contributed by atoms with E-state index in [0.29, 0.717) is 12.2 Å². The van der Waals surface area contributed by atoms with E-state index in [1.165, 1.54) is 6.20 Å². The van der Waals surface area contributed by atoms with Gasteiger partial charge in [0.15, 0.2) is 0 Å². The maximum absolute atomic E-state index is 11.9. The lowest BCUT2D eigenvalue weighted by atomic mass is 10.3. The number of rotatable bonds is 5. The molecule has 1 N–H and O–H groups in total. The van der Waals surface area contributed by atoms with Crippen molar-refractivity contribution in [2.45, 2.75) is 13.8 Å². The highest BCUT2D eigenvalue weighted by Crippen LogP contribution is 2.00. The summed E-state index contributed by atoms with van der Waals surface area (Å²) in [6, 6.07) is 0. The van der Waals surface area contributed by atoms with Gasteiger partial charge in [0.1, 0.15) is 5.69 Å². The van der Waals surface area contributed by atoms with E-state index in [0.717, 1.165) is 45.0 Å². The number of likely N-dealkylation sites (N-methyl/N-ethyl adjacent to an activating group) is 1. The molecule has 0 bridgehead atoms. The van der Waals surface area contributed by atoms with Crippen molar-refractivity contribution in [1.29, 1.82) is 0 Å². The van der Waals surface area contributed by atoms with Gasteiger partial charge < -0.3 is 10.2 Å². The summed E-state index contributed by atoms with van der Waals surface area (Å²) in [6.45, 7) is 11.1. The number of nitrogens with one attached hydrogen (secondary N) is 1. The molecule has 1 aliphatic rings. The van der Waals surface area contributed by atoms with Gasteiger partial charge in [-0.15, -0.1) is 0 Å². The molecule has 0 atom stereocenters. The van der Waals surface area contributed by atoms with Crippen molar-refractivity contribution in [2.75, 3.05) is 45.8 Å². The standard InChI is InChI=1S/C14H23N5O/c1-3-18-6-8-19(9-7-18)5-4-15-14(20)13-11-16-12(2)10-17-13/h10-11H,3-9H2,1-2H3,(H,15,20). The Bertz CT molecular complexity index is 426. The van der Waals surface area contributed by atoms with Crippen LogP contribution in [0.4, 0.5) is 0 Å². The van der Waals surface area contributed by atoms with Crippen LogP contribution in [-0.4, -0.2) is 71.5 Å². The second kappa shape index (κ2) is 7.31. The average Bonchev–Trinajstić information content (AvgIpc) is 2.48. The number of hydrogen-bond donors (Lipinski definition) is 1. The van der Waals surface area contributed by atoms with E-state index in [1.807, 2.05) is 6.92 Å². The number of nitrogens with zero attached hydrogens (tertiary/aromatic N) is 4. The Morgan fingerprint density at radius 1 is 1.20 bits per heavy atom. The quantitative estimate of drug-likeness (QED) is 0.830. The molecule has 1 aromatic heterocycles. The van der Waals surface area contributed by atoms with Crippen LogP contribution in [0.5, 0.6) is 0 Å². The molecule has 1 fully saturated rings. The maximum Gasteiger partial charge on any atom is 0.271 e. The van der Waals surface area contributed by atoms with Crippen LogP contribution in [0.1, 0.15) is 23.1 Å².